The van der Waals surface area contributed by atoms with E-state index in [9.17, 15) is 53.4 Å². The highest BCUT2D eigenvalue weighted by molar-refractivity contribution is 6.02. The van der Waals surface area contributed by atoms with Gasteiger partial charge in [-0.15, -0.1) is 0 Å². The number of carbonyl (C=O) groups is 9. The minimum Gasteiger partial charge on any atom is -0.508 e. The highest BCUT2D eigenvalue weighted by Crippen LogP contribution is 2.32. The number of benzene rings is 3. The standard InChI is InChI=1S/C50H61N11O12/c1-27(2)42(59-44(66)28(3)54-45(67)34(51)22-41(64)65)47(69)57-35-12-7-11-31-24-60(48(70)36(56-43(31)35)19-30-14-16-33(62)17-15-30)25-40(63)55-37(21-32-23-52-26-53-32)49(71)61-18-8-13-39(61)46(68)58-38(50(72)73)20-29-9-5-4-6-10-29/h4-7,9-12,14-17,23,26-28,34,36-39,42,56,62H,8,13,18-22,24-25,51H2,1-3H3,(H,52,53)(H,54,67)(H,55,63)(H,57,69)(H,58,68)(H,59,66)(H,64,65)(H,72,73)/t28-,34-,36-,37-,38-,39-,42-/m0/s1. The van der Waals surface area contributed by atoms with Crippen LogP contribution in [-0.4, -0.2) is 144 Å². The molecule has 0 aliphatic carbocycles. The number of imidazole rings is 1. The maximum atomic E-state index is 14.6. The number of hydrogen-bond donors (Lipinski definition) is 11. The van der Waals surface area contributed by atoms with Crippen LogP contribution in [-0.2, 0) is 69.0 Å². The predicted octanol–water partition coefficient (Wildman–Crippen LogP) is 0.397. The Hall–Kier alpha value is -8.34. The number of carboxylic acid groups (broad SMARTS) is 2. The zero-order chi connectivity index (χ0) is 52.9. The monoisotopic (exact) mass is 1010 g/mol. The largest absolute Gasteiger partial charge is 0.508 e. The molecule has 0 unspecified atom stereocenters. The van der Waals surface area contributed by atoms with E-state index in [0.717, 1.165) is 0 Å². The number of aromatic amines is 1. The van der Waals surface area contributed by atoms with Crippen molar-refractivity contribution in [2.45, 2.75) is 108 Å². The normalized spacial score (nSPS) is 17.4. The first kappa shape index (κ1) is 54.0. The van der Waals surface area contributed by atoms with Crippen LogP contribution in [0, 0.1) is 5.92 Å². The van der Waals surface area contributed by atoms with Gasteiger partial charge in [0.2, 0.25) is 41.4 Å². The number of nitrogens with two attached hydrogens (primary N) is 1. The van der Waals surface area contributed by atoms with Crippen LogP contribution in [0.4, 0.5) is 11.4 Å². The number of aromatic hydroxyl groups is 1. The fraction of sp³-hybridized carbons (Fsp3) is 0.400. The van der Waals surface area contributed by atoms with Crippen molar-refractivity contribution >= 4 is 64.7 Å². The van der Waals surface area contributed by atoms with Gasteiger partial charge in [-0.2, -0.15) is 0 Å². The fourth-order valence-electron chi connectivity index (χ4n) is 8.63. The third-order valence-electron chi connectivity index (χ3n) is 12.5. The summed E-state index contributed by atoms with van der Waals surface area (Å²) in [5, 5.41) is 45.5. The number of carboxylic acids is 2. The Morgan fingerprint density at radius 1 is 0.822 bits per heavy atom. The van der Waals surface area contributed by atoms with Crippen LogP contribution < -0.4 is 37.6 Å². The molecule has 0 spiro atoms. The summed E-state index contributed by atoms with van der Waals surface area (Å²) < 4.78 is 0. The van der Waals surface area contributed by atoms with Crippen molar-refractivity contribution in [3.63, 3.8) is 0 Å². The van der Waals surface area contributed by atoms with Gasteiger partial charge in [0.25, 0.3) is 0 Å². The number of aromatic nitrogens is 2. The molecule has 23 heteroatoms. The van der Waals surface area contributed by atoms with Crippen LogP contribution in [0.1, 0.15) is 62.4 Å². The lowest BCUT2D eigenvalue weighted by Gasteiger charge is -2.30. The number of nitrogens with one attached hydrogen (secondary N) is 7. The Balaban J connectivity index is 1.21. The maximum Gasteiger partial charge on any atom is 0.326 e. The molecule has 4 aromatic rings. The van der Waals surface area contributed by atoms with Gasteiger partial charge >= 0.3 is 11.9 Å². The number of phenols is 1. The SMILES string of the molecule is CC(C)[C@H](NC(=O)[C@H](C)NC(=O)[C@@H](N)CC(=O)O)C(=O)Nc1cccc2c1N[C@@H](Cc1ccc(O)cc1)C(=O)N(CC(=O)N[C@@H](Cc1cnc[nH]1)C(=O)N1CCC[C@H]1C(=O)N[C@@H](Cc1ccccc1)C(=O)O)C2. The number of fused-ring (bicyclic) bond motifs is 1. The van der Waals surface area contributed by atoms with E-state index in [1.54, 1.807) is 74.5 Å². The molecule has 1 fully saturated rings. The molecule has 6 rings (SSSR count). The smallest absolute Gasteiger partial charge is 0.326 e. The number of nitrogens with zero attached hydrogens (tertiary/aromatic N) is 3. The summed E-state index contributed by atoms with van der Waals surface area (Å²) in [6.07, 6.45) is 2.90. The molecule has 1 saturated heterocycles. The lowest BCUT2D eigenvalue weighted by atomic mass is 10.0. The zero-order valence-electron chi connectivity index (χ0n) is 40.5. The van der Waals surface area contributed by atoms with Crippen LogP contribution >= 0.6 is 0 Å². The summed E-state index contributed by atoms with van der Waals surface area (Å²) in [5.41, 5.74) is 8.49. The Morgan fingerprint density at radius 2 is 1.55 bits per heavy atom. The Bertz CT molecular complexity index is 2650. The van der Waals surface area contributed by atoms with Crippen molar-refractivity contribution in [3.05, 3.63) is 108 Å². The van der Waals surface area contributed by atoms with Gasteiger partial charge in [-0.3, -0.25) is 38.4 Å². The average Bonchev–Trinajstić information content (AvgIpc) is 4.04. The molecule has 12 N–H and O–H groups in total. The van der Waals surface area contributed by atoms with E-state index in [1.807, 2.05) is 0 Å². The summed E-state index contributed by atoms with van der Waals surface area (Å²) >= 11 is 0. The van der Waals surface area contributed by atoms with Crippen molar-refractivity contribution in [3.8, 4) is 5.75 Å². The quantitative estimate of drug-likeness (QED) is 0.0508. The third-order valence-corrected chi connectivity index (χ3v) is 12.5. The van der Waals surface area contributed by atoms with E-state index < -0.39 is 114 Å². The molecule has 7 amide bonds. The van der Waals surface area contributed by atoms with E-state index in [0.29, 0.717) is 34.5 Å². The van der Waals surface area contributed by atoms with Crippen molar-refractivity contribution in [2.24, 2.45) is 11.7 Å². The summed E-state index contributed by atoms with van der Waals surface area (Å²) in [7, 11) is 0. The fourth-order valence-corrected chi connectivity index (χ4v) is 8.63. The molecule has 3 heterocycles. The van der Waals surface area contributed by atoms with E-state index in [4.69, 9.17) is 10.8 Å². The maximum absolute atomic E-state index is 14.6. The summed E-state index contributed by atoms with van der Waals surface area (Å²) in [6, 6.07) is 11.5. The molecule has 23 nitrogen and oxygen atoms in total. The van der Waals surface area contributed by atoms with E-state index >= 15 is 0 Å². The first-order chi connectivity index (χ1) is 34.8. The van der Waals surface area contributed by atoms with Crippen molar-refractivity contribution in [1.82, 2.24) is 41.0 Å². The Labute approximate surface area is 420 Å². The van der Waals surface area contributed by atoms with E-state index in [2.05, 4.69) is 41.9 Å². The zero-order valence-corrected chi connectivity index (χ0v) is 40.5. The van der Waals surface area contributed by atoms with Crippen LogP contribution in [0.15, 0.2) is 85.3 Å². The van der Waals surface area contributed by atoms with Gasteiger partial charge in [-0.25, -0.2) is 9.78 Å². The average molecular weight is 1010 g/mol. The van der Waals surface area contributed by atoms with Gasteiger partial charge in [-0.1, -0.05) is 68.4 Å². The number of para-hydroxylation sites is 1. The number of aliphatic carboxylic acids is 2. The molecule has 73 heavy (non-hydrogen) atoms. The lowest BCUT2D eigenvalue weighted by molar-refractivity contribution is -0.145. The molecular weight excluding hydrogens is 947 g/mol. The summed E-state index contributed by atoms with van der Waals surface area (Å²) in [5.74, 6) is -7.81. The van der Waals surface area contributed by atoms with Gasteiger partial charge < -0.3 is 67.7 Å². The number of carbonyl (C=O) groups excluding carboxylic acids is 7. The lowest BCUT2D eigenvalue weighted by Crippen LogP contribution is -2.57. The molecule has 0 saturated carbocycles. The topological polar surface area (TPSA) is 348 Å². The first-order valence-corrected chi connectivity index (χ1v) is 23.8. The number of likely N-dealkylation sites (tertiary alicyclic amines) is 1. The molecular formula is C50H61N11O12. The number of phenolic OH excluding ortho intramolecular Hbond substituents is 1. The summed E-state index contributed by atoms with van der Waals surface area (Å²) in [4.78, 5) is 130. The van der Waals surface area contributed by atoms with Gasteiger partial charge in [0.05, 0.1) is 36.7 Å². The second-order valence-corrected chi connectivity index (χ2v) is 18.4. The predicted molar refractivity (Wildman–Crippen MR) is 263 cm³/mol. The van der Waals surface area contributed by atoms with Crippen LogP contribution in [0.2, 0.25) is 0 Å². The van der Waals surface area contributed by atoms with Crippen molar-refractivity contribution in [1.29, 1.82) is 0 Å². The van der Waals surface area contributed by atoms with E-state index in [-0.39, 0.29) is 50.2 Å². The van der Waals surface area contributed by atoms with Crippen molar-refractivity contribution in [2.75, 3.05) is 23.7 Å². The van der Waals surface area contributed by atoms with Gasteiger partial charge in [-0.05, 0) is 60.6 Å². The Kier molecular flexibility index (Phi) is 18.2. The minimum atomic E-state index is -1.41. The summed E-state index contributed by atoms with van der Waals surface area (Å²) in [6.45, 7) is 4.18. The number of amides is 7. The Morgan fingerprint density at radius 3 is 2.21 bits per heavy atom. The minimum absolute atomic E-state index is 0.00416. The first-order valence-electron chi connectivity index (χ1n) is 23.8. The van der Waals surface area contributed by atoms with Crippen LogP contribution in [0.3, 0.4) is 0 Å². The van der Waals surface area contributed by atoms with Gasteiger partial charge in [0.1, 0.15) is 42.0 Å². The van der Waals surface area contributed by atoms with E-state index in [1.165, 1.54) is 41.4 Å². The van der Waals surface area contributed by atoms with Gasteiger partial charge in [0.15, 0.2) is 0 Å². The molecule has 1 aromatic heterocycles. The number of hydrogen-bond acceptors (Lipinski definition) is 13. The molecule has 2 aliphatic heterocycles. The molecule has 388 valence electrons. The number of anilines is 2. The van der Waals surface area contributed by atoms with Crippen LogP contribution in [0.5, 0.6) is 5.75 Å². The van der Waals surface area contributed by atoms with Gasteiger partial charge in [0, 0.05) is 44.2 Å². The number of H-pyrrole nitrogens is 1. The van der Waals surface area contributed by atoms with Crippen LogP contribution in [0.25, 0.3) is 0 Å². The molecule has 7 atom stereocenters. The van der Waals surface area contributed by atoms with Crippen molar-refractivity contribution < 1.29 is 58.5 Å². The molecule has 0 bridgehead atoms. The highest BCUT2D eigenvalue weighted by Gasteiger charge is 2.40. The molecule has 2 aliphatic rings. The molecule has 0 radical (unpaired) electrons. The molecule has 3 aromatic carbocycles. The number of rotatable bonds is 22. The third kappa shape index (κ3) is 14.6. The second kappa shape index (κ2) is 24.7. The highest BCUT2D eigenvalue weighted by atomic mass is 16.4. The second-order valence-electron chi connectivity index (χ2n) is 18.4.